The van der Waals surface area contributed by atoms with E-state index in [9.17, 15) is 9.59 Å². The molecule has 0 saturated heterocycles. The van der Waals surface area contributed by atoms with Crippen LogP contribution in [-0.4, -0.2) is 29.0 Å². The van der Waals surface area contributed by atoms with Gasteiger partial charge in [0.1, 0.15) is 5.82 Å². The number of methoxy groups -OCH3 is 1. The van der Waals surface area contributed by atoms with Crippen molar-refractivity contribution in [2.45, 2.75) is 6.92 Å². The van der Waals surface area contributed by atoms with Gasteiger partial charge < -0.3 is 15.0 Å². The highest BCUT2D eigenvalue weighted by molar-refractivity contribution is 6.09. The number of H-pyrrole nitrogens is 1. The lowest BCUT2D eigenvalue weighted by Crippen LogP contribution is -2.15. The third kappa shape index (κ3) is 2.91. The van der Waals surface area contributed by atoms with Crippen LogP contribution in [0.1, 0.15) is 26.5 Å². The summed E-state index contributed by atoms with van der Waals surface area (Å²) in [6.45, 7) is 1.85. The van der Waals surface area contributed by atoms with Crippen molar-refractivity contribution in [3.05, 3.63) is 59.4 Å². The predicted molar refractivity (Wildman–Crippen MR) is 86.6 cm³/mol. The Labute approximate surface area is 132 Å². The molecule has 2 N–H and O–H groups in total. The maximum absolute atomic E-state index is 12.4. The van der Waals surface area contributed by atoms with Gasteiger partial charge in [-0.2, -0.15) is 0 Å². The van der Waals surface area contributed by atoms with Crippen molar-refractivity contribution in [1.29, 1.82) is 0 Å². The van der Waals surface area contributed by atoms with Crippen LogP contribution in [0.2, 0.25) is 0 Å². The smallest absolute Gasteiger partial charge is 0.339 e. The van der Waals surface area contributed by atoms with Crippen LogP contribution in [0.3, 0.4) is 0 Å². The van der Waals surface area contributed by atoms with E-state index in [1.54, 1.807) is 42.5 Å². The number of rotatable bonds is 3. The molecule has 3 aromatic rings. The molecule has 0 aliphatic heterocycles. The van der Waals surface area contributed by atoms with Crippen molar-refractivity contribution in [2.75, 3.05) is 12.4 Å². The Bertz CT molecular complexity index is 899. The number of aromatic nitrogens is 2. The molecule has 0 unspecified atom stereocenters. The molecule has 1 amide bonds. The quantitative estimate of drug-likeness (QED) is 0.729. The van der Waals surface area contributed by atoms with Crippen LogP contribution in [0.4, 0.5) is 5.69 Å². The van der Waals surface area contributed by atoms with Gasteiger partial charge in [-0.15, -0.1) is 0 Å². The number of ether oxygens (including phenoxy) is 1. The number of aryl methyl sites for hydroxylation is 1. The van der Waals surface area contributed by atoms with Gasteiger partial charge in [0.25, 0.3) is 5.91 Å². The average Bonchev–Trinajstić information content (AvgIpc) is 2.93. The molecule has 6 heteroatoms. The lowest BCUT2D eigenvalue weighted by atomic mass is 10.1. The van der Waals surface area contributed by atoms with Crippen LogP contribution in [0, 0.1) is 6.92 Å². The molecule has 0 aliphatic carbocycles. The lowest BCUT2D eigenvalue weighted by Gasteiger charge is -2.09. The van der Waals surface area contributed by atoms with E-state index < -0.39 is 5.97 Å². The summed E-state index contributed by atoms with van der Waals surface area (Å²) in [4.78, 5) is 31.6. The molecule has 1 aromatic heterocycles. The van der Waals surface area contributed by atoms with Gasteiger partial charge in [-0.25, -0.2) is 9.78 Å². The number of benzene rings is 2. The van der Waals surface area contributed by atoms with Crippen LogP contribution < -0.4 is 5.32 Å². The zero-order valence-electron chi connectivity index (χ0n) is 12.7. The first-order valence-electron chi connectivity index (χ1n) is 7.03. The van der Waals surface area contributed by atoms with Crippen LogP contribution in [0.25, 0.3) is 11.0 Å². The Kier molecular flexibility index (Phi) is 3.80. The number of carbonyl (C=O) groups excluding carboxylic acids is 2. The van der Waals surface area contributed by atoms with Gasteiger partial charge in [0.15, 0.2) is 0 Å². The fourth-order valence-corrected chi connectivity index (χ4v) is 2.35. The number of imidazole rings is 1. The molecule has 0 spiro atoms. The van der Waals surface area contributed by atoms with E-state index in [2.05, 4.69) is 15.3 Å². The minimum Gasteiger partial charge on any atom is -0.465 e. The van der Waals surface area contributed by atoms with Crippen molar-refractivity contribution in [3.63, 3.8) is 0 Å². The second kappa shape index (κ2) is 5.92. The summed E-state index contributed by atoms with van der Waals surface area (Å²) in [5.41, 5.74) is 2.78. The Morgan fingerprint density at radius 2 is 1.96 bits per heavy atom. The molecule has 0 aliphatic rings. The van der Waals surface area contributed by atoms with Crippen molar-refractivity contribution >= 4 is 28.6 Å². The van der Waals surface area contributed by atoms with Gasteiger partial charge in [-0.3, -0.25) is 4.79 Å². The molecule has 1 heterocycles. The van der Waals surface area contributed by atoms with Gasteiger partial charge in [0.05, 0.1) is 29.4 Å². The Balaban J connectivity index is 1.90. The second-order valence-corrected chi connectivity index (χ2v) is 5.05. The molecular formula is C17H15N3O3. The van der Waals surface area contributed by atoms with Crippen LogP contribution in [0.5, 0.6) is 0 Å². The normalized spacial score (nSPS) is 10.5. The highest BCUT2D eigenvalue weighted by Gasteiger charge is 2.14. The molecule has 2 aromatic carbocycles. The number of nitrogens with one attached hydrogen (secondary N) is 2. The van der Waals surface area contributed by atoms with Crippen LogP contribution >= 0.6 is 0 Å². The summed E-state index contributed by atoms with van der Waals surface area (Å²) >= 11 is 0. The van der Waals surface area contributed by atoms with Crippen molar-refractivity contribution in [3.8, 4) is 0 Å². The molecule has 23 heavy (non-hydrogen) atoms. The molecule has 6 nitrogen and oxygen atoms in total. The van der Waals surface area contributed by atoms with Gasteiger partial charge in [0, 0.05) is 5.56 Å². The molecule has 0 radical (unpaired) electrons. The first-order chi connectivity index (χ1) is 11.1. The van der Waals surface area contributed by atoms with E-state index in [0.717, 1.165) is 16.9 Å². The average molecular weight is 309 g/mol. The summed E-state index contributed by atoms with van der Waals surface area (Å²) in [5, 5.41) is 2.74. The number of para-hydroxylation sites is 1. The largest absolute Gasteiger partial charge is 0.465 e. The fourth-order valence-electron chi connectivity index (χ4n) is 2.35. The summed E-state index contributed by atoms with van der Waals surface area (Å²) in [6.07, 6.45) is 0. The topological polar surface area (TPSA) is 84.1 Å². The number of hydrogen-bond donors (Lipinski definition) is 2. The molecule has 116 valence electrons. The van der Waals surface area contributed by atoms with Gasteiger partial charge in [-0.1, -0.05) is 12.1 Å². The third-order valence-corrected chi connectivity index (χ3v) is 3.44. The van der Waals surface area contributed by atoms with Crippen molar-refractivity contribution in [1.82, 2.24) is 9.97 Å². The van der Waals surface area contributed by atoms with Crippen LogP contribution in [0.15, 0.2) is 42.5 Å². The first-order valence-corrected chi connectivity index (χ1v) is 7.03. The number of carbonyl (C=O) groups is 2. The molecule has 0 saturated carbocycles. The van der Waals surface area contributed by atoms with Crippen molar-refractivity contribution < 1.29 is 14.3 Å². The number of esters is 1. The van der Waals surface area contributed by atoms with Crippen molar-refractivity contribution in [2.24, 2.45) is 0 Å². The maximum Gasteiger partial charge on any atom is 0.339 e. The SMILES string of the molecule is COC(=O)c1ccccc1NC(=O)c1ccc2nc(C)[nH]c2c1. The predicted octanol–water partition coefficient (Wildman–Crippen LogP) is 2.91. The van der Waals surface area contributed by atoms with Gasteiger partial charge in [-0.05, 0) is 37.3 Å². The fraction of sp³-hybridized carbons (Fsp3) is 0.118. The van der Waals surface area contributed by atoms with Crippen LogP contribution in [-0.2, 0) is 4.74 Å². The number of nitrogens with zero attached hydrogens (tertiary/aromatic N) is 1. The Morgan fingerprint density at radius 1 is 1.17 bits per heavy atom. The summed E-state index contributed by atoms with van der Waals surface area (Å²) < 4.78 is 4.72. The molecular weight excluding hydrogens is 294 g/mol. The highest BCUT2D eigenvalue weighted by Crippen LogP contribution is 2.19. The number of fused-ring (bicyclic) bond motifs is 1. The Hall–Kier alpha value is -3.15. The van der Waals surface area contributed by atoms with E-state index in [1.807, 2.05) is 6.92 Å². The van der Waals surface area contributed by atoms with E-state index in [4.69, 9.17) is 4.74 Å². The number of hydrogen-bond acceptors (Lipinski definition) is 4. The minimum absolute atomic E-state index is 0.307. The number of aromatic amines is 1. The molecule has 3 rings (SSSR count). The molecule has 0 bridgehead atoms. The second-order valence-electron chi connectivity index (χ2n) is 5.05. The van der Waals surface area contributed by atoms with E-state index in [1.165, 1.54) is 7.11 Å². The van der Waals surface area contributed by atoms with Gasteiger partial charge >= 0.3 is 5.97 Å². The van der Waals surface area contributed by atoms with E-state index >= 15 is 0 Å². The monoisotopic (exact) mass is 309 g/mol. The summed E-state index contributed by atoms with van der Waals surface area (Å²) in [5.74, 6) is -0.0235. The number of amides is 1. The maximum atomic E-state index is 12.4. The molecule has 0 fully saturated rings. The zero-order chi connectivity index (χ0) is 16.4. The first kappa shape index (κ1) is 14.8. The zero-order valence-corrected chi connectivity index (χ0v) is 12.7. The Morgan fingerprint density at radius 3 is 2.74 bits per heavy atom. The van der Waals surface area contributed by atoms with E-state index in [0.29, 0.717) is 16.8 Å². The van der Waals surface area contributed by atoms with E-state index in [-0.39, 0.29) is 5.91 Å². The summed E-state index contributed by atoms with van der Waals surface area (Å²) in [6, 6.07) is 11.9. The molecule has 0 atom stereocenters. The highest BCUT2D eigenvalue weighted by atomic mass is 16.5. The number of anilines is 1. The standard InChI is InChI=1S/C17H15N3O3/c1-10-18-14-8-7-11(9-15(14)19-10)16(21)20-13-6-4-3-5-12(13)17(22)23-2/h3-9H,1-2H3,(H,18,19)(H,20,21). The summed E-state index contributed by atoms with van der Waals surface area (Å²) in [7, 11) is 1.30. The lowest BCUT2D eigenvalue weighted by molar-refractivity contribution is 0.0602. The van der Waals surface area contributed by atoms with Gasteiger partial charge in [0.2, 0.25) is 0 Å². The minimum atomic E-state index is -0.499. The third-order valence-electron chi connectivity index (χ3n) is 3.44.